The molecule has 0 bridgehead atoms. The predicted octanol–water partition coefficient (Wildman–Crippen LogP) is 3.04. The van der Waals surface area contributed by atoms with Gasteiger partial charge in [0.25, 0.3) is 0 Å². The van der Waals surface area contributed by atoms with Crippen LogP contribution in [0.2, 0.25) is 5.15 Å². The van der Waals surface area contributed by atoms with E-state index >= 15 is 0 Å². The van der Waals surface area contributed by atoms with Gasteiger partial charge in [-0.15, -0.1) is 0 Å². The average molecular weight is 193 g/mol. The Bertz CT molecular complexity index is 403. The van der Waals surface area contributed by atoms with E-state index in [-0.39, 0.29) is 0 Å². The first kappa shape index (κ1) is 8.32. The van der Waals surface area contributed by atoms with E-state index in [1.165, 1.54) is 5.56 Å². The topological polar surface area (TPSA) is 28.7 Å². The first-order valence-electron chi connectivity index (χ1n) is 4.03. The molecule has 0 aliphatic rings. The Labute approximate surface area is 81.6 Å². The number of H-pyrrole nitrogens is 1. The van der Waals surface area contributed by atoms with Crippen LogP contribution < -0.4 is 0 Å². The number of rotatable bonds is 1. The highest BCUT2D eigenvalue weighted by Crippen LogP contribution is 2.17. The molecule has 0 radical (unpaired) electrons. The average Bonchev–Trinajstić information content (AvgIpc) is 2.53. The van der Waals surface area contributed by atoms with Gasteiger partial charge in [0.2, 0.25) is 0 Å². The van der Waals surface area contributed by atoms with E-state index in [1.54, 1.807) is 6.20 Å². The molecule has 0 aliphatic heterocycles. The number of hydrogen-bond acceptors (Lipinski definition) is 1. The minimum absolute atomic E-state index is 0.496. The van der Waals surface area contributed by atoms with Crippen molar-refractivity contribution >= 4 is 11.6 Å². The summed E-state index contributed by atoms with van der Waals surface area (Å²) in [7, 11) is 0. The molecule has 0 amide bonds. The van der Waals surface area contributed by atoms with Crippen LogP contribution in [0, 0.1) is 6.92 Å². The number of nitrogens with one attached hydrogen (secondary N) is 1. The molecule has 0 saturated carbocycles. The third-order valence-corrected chi connectivity index (χ3v) is 2.07. The number of aromatic amines is 1. The fourth-order valence-electron chi connectivity index (χ4n) is 1.16. The molecular formula is C10H9ClN2. The fourth-order valence-corrected chi connectivity index (χ4v) is 1.30. The highest BCUT2D eigenvalue weighted by molar-refractivity contribution is 6.29. The molecule has 0 fully saturated rings. The summed E-state index contributed by atoms with van der Waals surface area (Å²) in [4.78, 5) is 7.12. The SMILES string of the molecule is Cc1ccc(-c2nc(Cl)c[nH]2)cc1. The standard InChI is InChI=1S/C10H9ClN2/c1-7-2-4-8(5-3-7)10-12-6-9(11)13-10/h2-6H,1H3,(H,12,13). The van der Waals surface area contributed by atoms with Crippen LogP contribution in [0.4, 0.5) is 0 Å². The summed E-state index contributed by atoms with van der Waals surface area (Å²) < 4.78 is 0. The molecule has 2 aromatic rings. The Hall–Kier alpha value is -1.28. The van der Waals surface area contributed by atoms with E-state index in [2.05, 4.69) is 16.9 Å². The van der Waals surface area contributed by atoms with Crippen molar-refractivity contribution in [3.63, 3.8) is 0 Å². The molecule has 0 unspecified atom stereocenters. The lowest BCUT2D eigenvalue weighted by Crippen LogP contribution is -1.79. The molecule has 0 aliphatic carbocycles. The second-order valence-electron chi connectivity index (χ2n) is 2.94. The number of benzene rings is 1. The molecule has 2 nitrogen and oxygen atoms in total. The number of aromatic nitrogens is 2. The lowest BCUT2D eigenvalue weighted by molar-refractivity contribution is 1.30. The third-order valence-electron chi connectivity index (χ3n) is 1.87. The summed E-state index contributed by atoms with van der Waals surface area (Å²) in [5.41, 5.74) is 2.29. The molecule has 2 rings (SSSR count). The summed E-state index contributed by atoms with van der Waals surface area (Å²) in [5.74, 6) is 0.810. The van der Waals surface area contributed by atoms with Gasteiger partial charge in [-0.05, 0) is 6.92 Å². The van der Waals surface area contributed by atoms with Gasteiger partial charge in [-0.1, -0.05) is 41.4 Å². The Balaban J connectivity index is 2.41. The van der Waals surface area contributed by atoms with Gasteiger partial charge in [-0.25, -0.2) is 4.98 Å². The largest absolute Gasteiger partial charge is 0.343 e. The molecule has 0 spiro atoms. The quantitative estimate of drug-likeness (QED) is 0.739. The minimum Gasteiger partial charge on any atom is -0.343 e. The van der Waals surface area contributed by atoms with E-state index in [4.69, 9.17) is 11.6 Å². The monoisotopic (exact) mass is 192 g/mol. The molecule has 13 heavy (non-hydrogen) atoms. The highest BCUT2D eigenvalue weighted by atomic mass is 35.5. The van der Waals surface area contributed by atoms with Crippen molar-refractivity contribution in [2.24, 2.45) is 0 Å². The van der Waals surface area contributed by atoms with Gasteiger partial charge in [0.05, 0.1) is 0 Å². The zero-order valence-electron chi connectivity index (χ0n) is 7.21. The molecule has 1 N–H and O–H groups in total. The zero-order valence-corrected chi connectivity index (χ0v) is 7.97. The number of aryl methyl sites for hydroxylation is 1. The van der Waals surface area contributed by atoms with Crippen LogP contribution in [0.1, 0.15) is 5.56 Å². The van der Waals surface area contributed by atoms with Crippen molar-refractivity contribution in [1.29, 1.82) is 0 Å². The first-order valence-corrected chi connectivity index (χ1v) is 4.41. The molecule has 0 atom stereocenters. The van der Waals surface area contributed by atoms with Crippen molar-refractivity contribution in [3.05, 3.63) is 41.2 Å². The molecule has 1 aromatic heterocycles. The Morgan fingerprint density at radius 2 is 1.92 bits per heavy atom. The number of imidazole rings is 1. The van der Waals surface area contributed by atoms with E-state index in [0.29, 0.717) is 5.15 Å². The van der Waals surface area contributed by atoms with Crippen LogP contribution in [-0.2, 0) is 0 Å². The number of halogens is 1. The summed E-state index contributed by atoms with van der Waals surface area (Å²) in [6, 6.07) is 8.13. The lowest BCUT2D eigenvalue weighted by atomic mass is 10.1. The maximum absolute atomic E-state index is 5.70. The summed E-state index contributed by atoms with van der Waals surface area (Å²) in [6.07, 6.45) is 1.68. The molecule has 1 heterocycles. The van der Waals surface area contributed by atoms with Gasteiger partial charge < -0.3 is 4.98 Å². The maximum atomic E-state index is 5.70. The normalized spacial score (nSPS) is 10.3. The van der Waals surface area contributed by atoms with E-state index in [1.807, 2.05) is 24.3 Å². The first-order chi connectivity index (χ1) is 6.25. The smallest absolute Gasteiger partial charge is 0.147 e. The van der Waals surface area contributed by atoms with Crippen LogP contribution in [0.3, 0.4) is 0 Å². The van der Waals surface area contributed by atoms with Gasteiger partial charge >= 0.3 is 0 Å². The lowest BCUT2D eigenvalue weighted by Gasteiger charge is -1.96. The molecule has 66 valence electrons. The van der Waals surface area contributed by atoms with Crippen LogP contribution in [0.25, 0.3) is 11.4 Å². The van der Waals surface area contributed by atoms with E-state index < -0.39 is 0 Å². The van der Waals surface area contributed by atoms with Crippen LogP contribution in [0.15, 0.2) is 30.5 Å². The van der Waals surface area contributed by atoms with Gasteiger partial charge in [-0.2, -0.15) is 0 Å². The highest BCUT2D eigenvalue weighted by Gasteiger charge is 2.00. The zero-order chi connectivity index (χ0) is 9.26. The molecule has 3 heteroatoms. The summed E-state index contributed by atoms with van der Waals surface area (Å²) in [6.45, 7) is 2.05. The molecule has 0 saturated heterocycles. The Kier molecular flexibility index (Phi) is 2.07. The summed E-state index contributed by atoms with van der Waals surface area (Å²) >= 11 is 5.70. The third kappa shape index (κ3) is 1.73. The van der Waals surface area contributed by atoms with Crippen LogP contribution in [0.5, 0.6) is 0 Å². The Morgan fingerprint density at radius 3 is 2.46 bits per heavy atom. The number of nitrogens with zero attached hydrogens (tertiary/aromatic N) is 1. The van der Waals surface area contributed by atoms with Crippen molar-refractivity contribution in [1.82, 2.24) is 9.97 Å². The van der Waals surface area contributed by atoms with Crippen molar-refractivity contribution in [2.75, 3.05) is 0 Å². The van der Waals surface area contributed by atoms with Gasteiger partial charge in [-0.3, -0.25) is 0 Å². The van der Waals surface area contributed by atoms with Crippen molar-refractivity contribution in [2.45, 2.75) is 6.92 Å². The second-order valence-corrected chi connectivity index (χ2v) is 3.33. The second kappa shape index (κ2) is 3.23. The van der Waals surface area contributed by atoms with E-state index in [9.17, 15) is 0 Å². The molecular weight excluding hydrogens is 184 g/mol. The molecule has 1 aromatic carbocycles. The maximum Gasteiger partial charge on any atom is 0.147 e. The van der Waals surface area contributed by atoms with Gasteiger partial charge in [0.1, 0.15) is 11.0 Å². The Morgan fingerprint density at radius 1 is 1.23 bits per heavy atom. The number of hydrogen-bond donors (Lipinski definition) is 1. The van der Waals surface area contributed by atoms with Gasteiger partial charge in [0, 0.05) is 11.8 Å². The van der Waals surface area contributed by atoms with Crippen LogP contribution >= 0.6 is 11.6 Å². The minimum atomic E-state index is 0.496. The summed E-state index contributed by atoms with van der Waals surface area (Å²) in [5, 5.41) is 0.496. The predicted molar refractivity (Wildman–Crippen MR) is 53.8 cm³/mol. The fraction of sp³-hybridized carbons (Fsp3) is 0.100. The van der Waals surface area contributed by atoms with Crippen molar-refractivity contribution < 1.29 is 0 Å². The van der Waals surface area contributed by atoms with E-state index in [0.717, 1.165) is 11.4 Å². The van der Waals surface area contributed by atoms with Crippen LogP contribution in [-0.4, -0.2) is 9.97 Å². The van der Waals surface area contributed by atoms with Gasteiger partial charge in [0.15, 0.2) is 0 Å². The van der Waals surface area contributed by atoms with Crippen molar-refractivity contribution in [3.8, 4) is 11.4 Å².